The third-order valence-electron chi connectivity index (χ3n) is 4.97. The predicted molar refractivity (Wildman–Crippen MR) is 128 cm³/mol. The monoisotopic (exact) mass is 433 g/mol. The number of nitrogens with zero attached hydrogens (tertiary/aromatic N) is 3. The maximum Gasteiger partial charge on any atom is 0.234 e. The van der Waals surface area contributed by atoms with E-state index in [0.717, 1.165) is 41.0 Å². The highest BCUT2D eigenvalue weighted by molar-refractivity contribution is 7.99. The number of carbonyl (C=O) groups is 1. The van der Waals surface area contributed by atoms with Crippen molar-refractivity contribution in [3.8, 4) is 6.07 Å². The lowest BCUT2D eigenvalue weighted by atomic mass is 10.1. The van der Waals surface area contributed by atoms with Crippen LogP contribution < -0.4 is 10.6 Å². The summed E-state index contributed by atoms with van der Waals surface area (Å²) in [5.41, 5.74) is 4.76. The lowest BCUT2D eigenvalue weighted by Crippen LogP contribution is -2.20. The van der Waals surface area contributed by atoms with Crippen molar-refractivity contribution in [3.63, 3.8) is 0 Å². The van der Waals surface area contributed by atoms with Crippen molar-refractivity contribution in [1.29, 1.82) is 5.26 Å². The van der Waals surface area contributed by atoms with E-state index in [4.69, 9.17) is 0 Å². The summed E-state index contributed by atoms with van der Waals surface area (Å²) in [6, 6.07) is 13.9. The van der Waals surface area contributed by atoms with Crippen LogP contribution in [0, 0.1) is 11.3 Å². The second-order valence-corrected chi connectivity index (χ2v) is 8.26. The lowest BCUT2D eigenvalue weighted by molar-refractivity contribution is -0.113. The molecule has 160 valence electrons. The molecule has 0 bridgehead atoms. The molecule has 0 saturated heterocycles. The molecule has 0 fully saturated rings. The molecule has 4 rings (SSSR count). The van der Waals surface area contributed by atoms with Crippen molar-refractivity contribution in [1.82, 2.24) is 9.97 Å². The Labute approximate surface area is 187 Å². The molecule has 6 nitrogen and oxygen atoms in total. The first-order valence-corrected chi connectivity index (χ1v) is 11.7. The van der Waals surface area contributed by atoms with Gasteiger partial charge in [0.1, 0.15) is 12.1 Å². The topological polar surface area (TPSA) is 90.7 Å². The molecule has 0 saturated carbocycles. The maximum atomic E-state index is 12.0. The second kappa shape index (κ2) is 10.8. The number of rotatable bonds is 6. The summed E-state index contributed by atoms with van der Waals surface area (Å²) in [6.07, 6.45) is 3.28. The van der Waals surface area contributed by atoms with Gasteiger partial charge in [0, 0.05) is 17.1 Å². The zero-order chi connectivity index (χ0) is 22.2. The molecule has 2 aromatic carbocycles. The third-order valence-corrected chi connectivity index (χ3v) is 5.84. The molecule has 3 aromatic rings. The van der Waals surface area contributed by atoms with E-state index in [1.54, 1.807) is 24.2 Å². The minimum atomic E-state index is 0.0326. The van der Waals surface area contributed by atoms with E-state index in [1.807, 2.05) is 39.0 Å². The zero-order valence-electron chi connectivity index (χ0n) is 18.1. The van der Waals surface area contributed by atoms with Gasteiger partial charge in [0.2, 0.25) is 5.91 Å². The Hall–Kier alpha value is -3.11. The summed E-state index contributed by atoms with van der Waals surface area (Å²) in [4.78, 5) is 20.7. The van der Waals surface area contributed by atoms with Crippen LogP contribution in [0.4, 0.5) is 11.5 Å². The number of aromatic nitrogens is 2. The SMILES string of the molecule is CC.CCSCC(=O)Nc1ccc2c(c1)CC(Nc1ncnc3ccc(C#N)cc13)C2. The highest BCUT2D eigenvalue weighted by atomic mass is 32.2. The van der Waals surface area contributed by atoms with Crippen molar-refractivity contribution in [2.75, 3.05) is 22.1 Å². The Kier molecular flexibility index (Phi) is 7.85. The fourth-order valence-corrected chi connectivity index (χ4v) is 4.09. The Bertz CT molecular complexity index is 1110. The molecule has 2 N–H and O–H groups in total. The van der Waals surface area contributed by atoms with Crippen molar-refractivity contribution in [2.24, 2.45) is 0 Å². The van der Waals surface area contributed by atoms with E-state index in [2.05, 4.69) is 38.8 Å². The van der Waals surface area contributed by atoms with Crippen molar-refractivity contribution in [2.45, 2.75) is 39.7 Å². The van der Waals surface area contributed by atoms with Crippen LogP contribution in [0.15, 0.2) is 42.7 Å². The Morgan fingerprint density at radius 3 is 2.74 bits per heavy atom. The van der Waals surface area contributed by atoms with E-state index in [0.29, 0.717) is 11.3 Å². The van der Waals surface area contributed by atoms with Crippen molar-refractivity contribution < 1.29 is 4.79 Å². The van der Waals surface area contributed by atoms with Gasteiger partial charge in [0.05, 0.1) is 22.9 Å². The number of fused-ring (bicyclic) bond motifs is 2. The largest absolute Gasteiger partial charge is 0.366 e. The number of amides is 1. The summed E-state index contributed by atoms with van der Waals surface area (Å²) < 4.78 is 0. The van der Waals surface area contributed by atoms with Gasteiger partial charge in [-0.15, -0.1) is 0 Å². The first kappa shape index (κ1) is 22.6. The van der Waals surface area contributed by atoms with Crippen LogP contribution in [-0.2, 0) is 17.6 Å². The van der Waals surface area contributed by atoms with Gasteiger partial charge in [-0.2, -0.15) is 17.0 Å². The fourth-order valence-electron chi connectivity index (χ4n) is 3.62. The molecular weight excluding hydrogens is 406 g/mol. The van der Waals surface area contributed by atoms with E-state index in [1.165, 1.54) is 11.1 Å². The minimum absolute atomic E-state index is 0.0326. The van der Waals surface area contributed by atoms with Crippen LogP contribution in [0.5, 0.6) is 0 Å². The quantitative estimate of drug-likeness (QED) is 0.580. The molecule has 1 heterocycles. The van der Waals surface area contributed by atoms with E-state index in [9.17, 15) is 10.1 Å². The van der Waals surface area contributed by atoms with Crippen LogP contribution >= 0.6 is 11.8 Å². The Morgan fingerprint density at radius 2 is 1.97 bits per heavy atom. The maximum absolute atomic E-state index is 12.0. The average Bonchev–Trinajstić information content (AvgIpc) is 3.20. The molecule has 1 unspecified atom stereocenters. The third kappa shape index (κ3) is 5.53. The van der Waals surface area contributed by atoms with Crippen LogP contribution in [0.1, 0.15) is 37.5 Å². The summed E-state index contributed by atoms with van der Waals surface area (Å²) in [5, 5.41) is 16.5. The molecule has 1 amide bonds. The molecule has 7 heteroatoms. The van der Waals surface area contributed by atoms with Gasteiger partial charge in [0.15, 0.2) is 0 Å². The summed E-state index contributed by atoms with van der Waals surface area (Å²) in [6.45, 7) is 6.04. The van der Waals surface area contributed by atoms with Crippen molar-refractivity contribution in [3.05, 3.63) is 59.4 Å². The molecule has 31 heavy (non-hydrogen) atoms. The number of benzene rings is 2. The molecule has 0 spiro atoms. The van der Waals surface area contributed by atoms with Crippen LogP contribution in [0.2, 0.25) is 0 Å². The number of thioether (sulfide) groups is 1. The zero-order valence-corrected chi connectivity index (χ0v) is 18.9. The van der Waals surface area contributed by atoms with Crippen LogP contribution in [0.25, 0.3) is 10.9 Å². The van der Waals surface area contributed by atoms with Gasteiger partial charge in [-0.05, 0) is 60.1 Å². The van der Waals surface area contributed by atoms with Crippen molar-refractivity contribution >= 4 is 40.1 Å². The van der Waals surface area contributed by atoms with Gasteiger partial charge in [0.25, 0.3) is 0 Å². The Morgan fingerprint density at radius 1 is 1.16 bits per heavy atom. The van der Waals surface area contributed by atoms with E-state index in [-0.39, 0.29) is 11.9 Å². The van der Waals surface area contributed by atoms with Gasteiger partial charge < -0.3 is 10.6 Å². The molecule has 1 atom stereocenters. The molecule has 0 aliphatic heterocycles. The Balaban J connectivity index is 0.00000132. The average molecular weight is 434 g/mol. The number of hydrogen-bond donors (Lipinski definition) is 2. The highest BCUT2D eigenvalue weighted by Gasteiger charge is 2.23. The summed E-state index contributed by atoms with van der Waals surface area (Å²) in [5.74, 6) is 2.18. The predicted octanol–water partition coefficient (Wildman–Crippen LogP) is 4.80. The first-order chi connectivity index (χ1) is 15.2. The van der Waals surface area contributed by atoms with E-state index >= 15 is 0 Å². The van der Waals surface area contributed by atoms with Gasteiger partial charge in [-0.25, -0.2) is 9.97 Å². The number of nitriles is 1. The highest BCUT2D eigenvalue weighted by Crippen LogP contribution is 2.29. The molecule has 1 aliphatic rings. The summed E-state index contributed by atoms with van der Waals surface area (Å²) >= 11 is 1.61. The molecule has 1 aliphatic carbocycles. The molecular formula is C24H27N5OS. The van der Waals surface area contributed by atoms with Crippen LogP contribution in [-0.4, -0.2) is 33.4 Å². The van der Waals surface area contributed by atoms with Gasteiger partial charge in [-0.3, -0.25) is 4.79 Å². The van der Waals surface area contributed by atoms with Crippen LogP contribution in [0.3, 0.4) is 0 Å². The summed E-state index contributed by atoms with van der Waals surface area (Å²) in [7, 11) is 0. The van der Waals surface area contributed by atoms with Gasteiger partial charge in [-0.1, -0.05) is 26.8 Å². The molecule has 0 radical (unpaired) electrons. The first-order valence-electron chi connectivity index (χ1n) is 10.6. The van der Waals surface area contributed by atoms with Gasteiger partial charge >= 0.3 is 0 Å². The lowest BCUT2D eigenvalue weighted by Gasteiger charge is -2.14. The number of hydrogen-bond acceptors (Lipinski definition) is 6. The second-order valence-electron chi connectivity index (χ2n) is 6.98. The standard InChI is InChI=1S/C22H21N5OS.C2H6/c1-2-29-12-21(28)26-17-5-4-15-8-18(10-16(15)9-17)27-22-19-7-14(11-23)3-6-20(19)24-13-25-22;1-2/h3-7,9,13,18H,2,8,10,12H2,1H3,(H,26,28)(H,24,25,27);1-2H3. The fraction of sp³-hybridized carbons (Fsp3) is 0.333. The minimum Gasteiger partial charge on any atom is -0.366 e. The number of nitrogens with one attached hydrogen (secondary N) is 2. The smallest absolute Gasteiger partial charge is 0.234 e. The van der Waals surface area contributed by atoms with E-state index < -0.39 is 0 Å². The molecule has 1 aromatic heterocycles. The number of carbonyl (C=O) groups excluding carboxylic acids is 1. The number of anilines is 2. The normalized spacial score (nSPS) is 14.2.